The highest BCUT2D eigenvalue weighted by atomic mass is 16.5. The minimum absolute atomic E-state index is 0.117. The van der Waals surface area contributed by atoms with E-state index in [-0.39, 0.29) is 11.7 Å². The highest BCUT2D eigenvalue weighted by Crippen LogP contribution is 2.29. The third-order valence-corrected chi connectivity index (χ3v) is 5.26. The Labute approximate surface area is 182 Å². The van der Waals surface area contributed by atoms with Gasteiger partial charge in [0, 0.05) is 16.7 Å². The summed E-state index contributed by atoms with van der Waals surface area (Å²) in [7, 11) is 1.30. The number of esters is 1. The number of rotatable bonds is 6. The molecule has 0 bridgehead atoms. The van der Waals surface area contributed by atoms with Gasteiger partial charge in [-0.2, -0.15) is 0 Å². The molecule has 158 valence electrons. The Morgan fingerprint density at radius 1 is 0.742 bits per heavy atom. The molecule has 0 N–H and O–H groups in total. The summed E-state index contributed by atoms with van der Waals surface area (Å²) >= 11 is 0. The number of para-hydroxylation sites is 1. The zero-order valence-corrected chi connectivity index (χ0v) is 18.1. The average Bonchev–Trinajstić information content (AvgIpc) is 2.80. The standard InChI is InChI=1S/C26H25NO4/c1-17-9-8-10-18(2)23(17)27(19(3)26(30)31-4)25(29)22-15-13-21(14-16-22)24(28)20-11-6-5-7-12-20/h5-16,19H,1-4H3/t19-/m0/s1. The number of aryl methyl sites for hydroxylation is 2. The molecule has 3 aromatic rings. The van der Waals surface area contributed by atoms with Gasteiger partial charge in [0.05, 0.1) is 12.8 Å². The summed E-state index contributed by atoms with van der Waals surface area (Å²) < 4.78 is 4.90. The highest BCUT2D eigenvalue weighted by molar-refractivity contribution is 6.12. The van der Waals surface area contributed by atoms with Crippen LogP contribution < -0.4 is 4.90 Å². The quantitative estimate of drug-likeness (QED) is 0.431. The fourth-order valence-electron chi connectivity index (χ4n) is 3.59. The SMILES string of the molecule is COC(=O)[C@H](C)N(C(=O)c1ccc(C(=O)c2ccccc2)cc1)c1c(C)cccc1C. The summed E-state index contributed by atoms with van der Waals surface area (Å²) in [4.78, 5) is 39.9. The molecule has 0 unspecified atom stereocenters. The minimum Gasteiger partial charge on any atom is -0.467 e. The molecular formula is C26H25NO4. The van der Waals surface area contributed by atoms with Crippen molar-refractivity contribution >= 4 is 23.3 Å². The first kappa shape index (κ1) is 22.0. The molecule has 0 aliphatic rings. The van der Waals surface area contributed by atoms with Crippen LogP contribution in [0.3, 0.4) is 0 Å². The summed E-state index contributed by atoms with van der Waals surface area (Å²) in [6, 6.07) is 20.3. The van der Waals surface area contributed by atoms with Crippen molar-refractivity contribution in [2.75, 3.05) is 12.0 Å². The van der Waals surface area contributed by atoms with Gasteiger partial charge < -0.3 is 4.74 Å². The molecule has 0 aromatic heterocycles. The van der Waals surface area contributed by atoms with Crippen molar-refractivity contribution in [1.29, 1.82) is 0 Å². The van der Waals surface area contributed by atoms with Crippen LogP contribution in [-0.4, -0.2) is 30.8 Å². The molecule has 0 fully saturated rings. The molecule has 1 amide bonds. The van der Waals surface area contributed by atoms with Gasteiger partial charge in [0.25, 0.3) is 5.91 Å². The first-order chi connectivity index (χ1) is 14.8. The van der Waals surface area contributed by atoms with Crippen LogP contribution in [0.5, 0.6) is 0 Å². The van der Waals surface area contributed by atoms with E-state index in [0.717, 1.165) is 11.1 Å². The molecule has 0 heterocycles. The number of carbonyl (C=O) groups is 3. The van der Waals surface area contributed by atoms with Crippen molar-refractivity contribution < 1.29 is 19.1 Å². The van der Waals surface area contributed by atoms with Gasteiger partial charge in [0.2, 0.25) is 0 Å². The second-order valence-corrected chi connectivity index (χ2v) is 7.39. The second-order valence-electron chi connectivity index (χ2n) is 7.39. The van der Waals surface area contributed by atoms with Crippen molar-refractivity contribution in [3.05, 3.63) is 101 Å². The number of benzene rings is 3. The smallest absolute Gasteiger partial charge is 0.328 e. The molecule has 3 aromatic carbocycles. The largest absolute Gasteiger partial charge is 0.467 e. The third kappa shape index (κ3) is 4.56. The number of carbonyl (C=O) groups excluding carboxylic acids is 3. The first-order valence-electron chi connectivity index (χ1n) is 10.0. The van der Waals surface area contributed by atoms with Crippen LogP contribution in [0.15, 0.2) is 72.8 Å². The second kappa shape index (κ2) is 9.39. The Balaban J connectivity index is 1.98. The van der Waals surface area contributed by atoms with Crippen molar-refractivity contribution in [2.45, 2.75) is 26.8 Å². The van der Waals surface area contributed by atoms with Crippen molar-refractivity contribution in [2.24, 2.45) is 0 Å². The van der Waals surface area contributed by atoms with E-state index in [1.54, 1.807) is 43.3 Å². The number of amides is 1. The zero-order valence-electron chi connectivity index (χ0n) is 18.1. The van der Waals surface area contributed by atoms with Crippen molar-refractivity contribution in [3.8, 4) is 0 Å². The third-order valence-electron chi connectivity index (χ3n) is 5.26. The van der Waals surface area contributed by atoms with Crippen LogP contribution in [0.1, 0.15) is 44.3 Å². The van der Waals surface area contributed by atoms with E-state index < -0.39 is 12.0 Å². The number of ketones is 1. The Morgan fingerprint density at radius 3 is 1.81 bits per heavy atom. The number of nitrogens with zero attached hydrogens (tertiary/aromatic N) is 1. The van der Waals surface area contributed by atoms with Gasteiger partial charge in [0.1, 0.15) is 6.04 Å². The lowest BCUT2D eigenvalue weighted by atomic mass is 10.0. The van der Waals surface area contributed by atoms with Crippen LogP contribution in [0.4, 0.5) is 5.69 Å². The van der Waals surface area contributed by atoms with Gasteiger partial charge >= 0.3 is 5.97 Å². The van der Waals surface area contributed by atoms with Crippen LogP contribution in [0, 0.1) is 13.8 Å². The van der Waals surface area contributed by atoms with Gasteiger partial charge in [-0.05, 0) is 44.0 Å². The minimum atomic E-state index is -0.817. The highest BCUT2D eigenvalue weighted by Gasteiger charge is 2.31. The van der Waals surface area contributed by atoms with Crippen molar-refractivity contribution in [1.82, 2.24) is 0 Å². The molecule has 3 rings (SSSR count). The molecule has 1 atom stereocenters. The topological polar surface area (TPSA) is 63.7 Å². The van der Waals surface area contributed by atoms with E-state index in [0.29, 0.717) is 22.4 Å². The van der Waals surface area contributed by atoms with Crippen molar-refractivity contribution in [3.63, 3.8) is 0 Å². The number of hydrogen-bond acceptors (Lipinski definition) is 4. The molecular weight excluding hydrogens is 390 g/mol. The van der Waals surface area contributed by atoms with E-state index >= 15 is 0 Å². The number of hydrogen-bond donors (Lipinski definition) is 0. The predicted octanol–water partition coefficient (Wildman–Crippen LogP) is 4.74. The molecule has 0 saturated carbocycles. The maximum atomic E-state index is 13.5. The van der Waals surface area contributed by atoms with Gasteiger partial charge in [-0.25, -0.2) is 4.79 Å². The average molecular weight is 415 g/mol. The molecule has 0 aliphatic carbocycles. The predicted molar refractivity (Wildman–Crippen MR) is 121 cm³/mol. The van der Waals surface area contributed by atoms with E-state index in [9.17, 15) is 14.4 Å². The summed E-state index contributed by atoms with van der Waals surface area (Å²) in [5.41, 5.74) is 3.87. The van der Waals surface area contributed by atoms with Crippen LogP contribution in [-0.2, 0) is 9.53 Å². The molecule has 5 nitrogen and oxygen atoms in total. The van der Waals surface area contributed by atoms with E-state index in [2.05, 4.69) is 0 Å². The maximum absolute atomic E-state index is 13.5. The number of anilines is 1. The van der Waals surface area contributed by atoms with Gasteiger partial charge in [-0.3, -0.25) is 14.5 Å². The summed E-state index contributed by atoms with van der Waals surface area (Å²) in [5.74, 6) is -0.963. The molecule has 0 aliphatic heterocycles. The molecule has 5 heteroatoms. The lowest BCUT2D eigenvalue weighted by Crippen LogP contribution is -2.44. The molecule has 31 heavy (non-hydrogen) atoms. The normalized spacial score (nSPS) is 11.5. The van der Waals surface area contributed by atoms with E-state index in [1.807, 2.05) is 50.2 Å². The van der Waals surface area contributed by atoms with Crippen LogP contribution >= 0.6 is 0 Å². The Bertz CT molecular complexity index is 1080. The Kier molecular flexibility index (Phi) is 6.65. The molecule has 0 saturated heterocycles. The van der Waals surface area contributed by atoms with E-state index in [4.69, 9.17) is 4.74 Å². The number of methoxy groups -OCH3 is 1. The van der Waals surface area contributed by atoms with Gasteiger partial charge in [-0.15, -0.1) is 0 Å². The summed E-state index contributed by atoms with van der Waals surface area (Å²) in [6.45, 7) is 5.44. The fourth-order valence-corrected chi connectivity index (χ4v) is 3.59. The van der Waals surface area contributed by atoms with Crippen LogP contribution in [0.25, 0.3) is 0 Å². The monoisotopic (exact) mass is 415 g/mol. The van der Waals surface area contributed by atoms with Gasteiger partial charge in [-0.1, -0.05) is 60.7 Å². The summed E-state index contributed by atoms with van der Waals surface area (Å²) in [6.07, 6.45) is 0. The zero-order chi connectivity index (χ0) is 22.5. The summed E-state index contributed by atoms with van der Waals surface area (Å²) in [5, 5.41) is 0. The lowest BCUT2D eigenvalue weighted by molar-refractivity contribution is -0.141. The van der Waals surface area contributed by atoms with Gasteiger partial charge in [0.15, 0.2) is 5.78 Å². The molecule has 0 spiro atoms. The Morgan fingerprint density at radius 2 is 1.26 bits per heavy atom. The lowest BCUT2D eigenvalue weighted by Gasteiger charge is -2.30. The number of ether oxygens (including phenoxy) is 1. The van der Waals surface area contributed by atoms with Crippen LogP contribution in [0.2, 0.25) is 0 Å². The first-order valence-corrected chi connectivity index (χ1v) is 10.0. The van der Waals surface area contributed by atoms with E-state index in [1.165, 1.54) is 12.0 Å². The Hall–Kier alpha value is -3.73. The molecule has 0 radical (unpaired) electrons. The fraction of sp³-hybridized carbons (Fsp3) is 0.192. The maximum Gasteiger partial charge on any atom is 0.328 e.